The fraction of sp³-hybridized carbons (Fsp3) is 0.917. The summed E-state index contributed by atoms with van der Waals surface area (Å²) in [4.78, 5) is 14.4. The number of hydrogen-bond donors (Lipinski definition) is 1. The Balaban J connectivity index is 0.00000128. The summed E-state index contributed by atoms with van der Waals surface area (Å²) < 4.78 is 0. The van der Waals surface area contributed by atoms with Crippen molar-refractivity contribution >= 4 is 18.3 Å². The predicted molar refractivity (Wildman–Crippen MR) is 67.9 cm³/mol. The number of piperazine rings is 1. The van der Waals surface area contributed by atoms with E-state index in [2.05, 4.69) is 24.1 Å². The smallest absolute Gasteiger partial charge is 0.228 e. The maximum atomic E-state index is 12.4. The Morgan fingerprint density at radius 1 is 1.38 bits per heavy atom. The van der Waals surface area contributed by atoms with Crippen LogP contribution in [0.3, 0.4) is 0 Å². The van der Waals surface area contributed by atoms with Crippen LogP contribution in [0.25, 0.3) is 0 Å². The monoisotopic (exact) mass is 246 g/mol. The average molecular weight is 247 g/mol. The van der Waals surface area contributed by atoms with Crippen LogP contribution < -0.4 is 5.32 Å². The molecule has 4 heteroatoms. The first-order valence-electron chi connectivity index (χ1n) is 6.15. The Hall–Kier alpha value is -0.280. The van der Waals surface area contributed by atoms with Gasteiger partial charge in [0.1, 0.15) is 0 Å². The molecule has 1 heterocycles. The van der Waals surface area contributed by atoms with Crippen LogP contribution in [0.5, 0.6) is 0 Å². The number of amides is 1. The summed E-state index contributed by atoms with van der Waals surface area (Å²) in [6, 6.07) is 0.452. The lowest BCUT2D eigenvalue weighted by molar-refractivity contribution is -0.142. The highest BCUT2D eigenvalue weighted by Crippen LogP contribution is 2.39. The zero-order valence-corrected chi connectivity index (χ0v) is 11.1. The molecule has 16 heavy (non-hydrogen) atoms. The number of halogens is 1. The van der Waals surface area contributed by atoms with Gasteiger partial charge in [-0.3, -0.25) is 4.79 Å². The van der Waals surface area contributed by atoms with E-state index in [9.17, 15) is 4.79 Å². The van der Waals surface area contributed by atoms with E-state index in [-0.39, 0.29) is 17.8 Å². The lowest BCUT2D eigenvalue weighted by Crippen LogP contribution is -2.54. The number of rotatable bonds is 1. The molecular weight excluding hydrogens is 224 g/mol. The van der Waals surface area contributed by atoms with Gasteiger partial charge in [-0.05, 0) is 19.8 Å². The number of hydrogen-bond acceptors (Lipinski definition) is 2. The molecule has 0 unspecified atom stereocenters. The van der Waals surface area contributed by atoms with Gasteiger partial charge in [0, 0.05) is 31.1 Å². The van der Waals surface area contributed by atoms with Crippen molar-refractivity contribution in [2.24, 2.45) is 5.41 Å². The molecule has 0 aromatic carbocycles. The van der Waals surface area contributed by atoms with Crippen molar-refractivity contribution in [1.82, 2.24) is 10.2 Å². The van der Waals surface area contributed by atoms with Crippen LogP contribution in [0.2, 0.25) is 0 Å². The molecule has 1 aliphatic heterocycles. The van der Waals surface area contributed by atoms with E-state index in [0.29, 0.717) is 11.9 Å². The second-order valence-corrected chi connectivity index (χ2v) is 5.37. The number of nitrogens with one attached hydrogen (secondary N) is 1. The summed E-state index contributed by atoms with van der Waals surface area (Å²) in [5.41, 5.74) is -0.0446. The average Bonchev–Trinajstić information content (AvgIpc) is 2.65. The Morgan fingerprint density at radius 2 is 2.00 bits per heavy atom. The van der Waals surface area contributed by atoms with Gasteiger partial charge in [-0.1, -0.05) is 19.8 Å². The molecule has 1 saturated carbocycles. The highest BCUT2D eigenvalue weighted by molar-refractivity contribution is 5.85. The molecule has 0 radical (unpaired) electrons. The largest absolute Gasteiger partial charge is 0.339 e. The van der Waals surface area contributed by atoms with Gasteiger partial charge in [-0.25, -0.2) is 0 Å². The van der Waals surface area contributed by atoms with E-state index in [1.165, 1.54) is 12.8 Å². The van der Waals surface area contributed by atoms with Crippen molar-refractivity contribution in [3.05, 3.63) is 0 Å². The quantitative estimate of drug-likeness (QED) is 0.766. The second kappa shape index (κ2) is 5.37. The lowest BCUT2D eigenvalue weighted by atomic mass is 9.87. The summed E-state index contributed by atoms with van der Waals surface area (Å²) in [6.45, 7) is 7.02. The number of carbonyl (C=O) groups excluding carboxylic acids is 1. The third-order valence-electron chi connectivity index (χ3n) is 3.88. The van der Waals surface area contributed by atoms with Gasteiger partial charge in [0.2, 0.25) is 5.91 Å². The molecule has 1 amide bonds. The van der Waals surface area contributed by atoms with Crippen molar-refractivity contribution in [2.45, 2.75) is 45.6 Å². The van der Waals surface area contributed by atoms with E-state index in [4.69, 9.17) is 0 Å². The van der Waals surface area contributed by atoms with E-state index in [1.807, 2.05) is 0 Å². The molecule has 0 bridgehead atoms. The molecule has 94 valence electrons. The molecule has 1 atom stereocenters. The van der Waals surface area contributed by atoms with Crippen LogP contribution in [0, 0.1) is 5.41 Å². The third-order valence-corrected chi connectivity index (χ3v) is 3.88. The summed E-state index contributed by atoms with van der Waals surface area (Å²) in [5, 5.41) is 3.38. The molecule has 1 aliphatic carbocycles. The van der Waals surface area contributed by atoms with Gasteiger partial charge < -0.3 is 10.2 Å². The molecule has 2 aliphatic rings. The molecule has 2 fully saturated rings. The van der Waals surface area contributed by atoms with Crippen LogP contribution in [-0.4, -0.2) is 36.5 Å². The summed E-state index contributed by atoms with van der Waals surface area (Å²) in [6.07, 6.45) is 4.63. The first-order valence-corrected chi connectivity index (χ1v) is 6.15. The molecule has 0 aromatic heterocycles. The fourth-order valence-electron chi connectivity index (χ4n) is 2.87. The third kappa shape index (κ3) is 2.69. The molecular formula is C12H23ClN2O. The Labute approximate surface area is 104 Å². The van der Waals surface area contributed by atoms with Crippen LogP contribution in [0.4, 0.5) is 0 Å². The zero-order valence-electron chi connectivity index (χ0n) is 10.3. The minimum absolute atomic E-state index is 0. The summed E-state index contributed by atoms with van der Waals surface area (Å²) >= 11 is 0. The fourth-order valence-corrected chi connectivity index (χ4v) is 2.87. The second-order valence-electron chi connectivity index (χ2n) is 5.37. The van der Waals surface area contributed by atoms with E-state index in [1.54, 1.807) is 0 Å². The van der Waals surface area contributed by atoms with Gasteiger partial charge in [0.25, 0.3) is 0 Å². The van der Waals surface area contributed by atoms with Gasteiger partial charge in [-0.2, -0.15) is 0 Å². The SMILES string of the molecule is C[C@H]1CN(C(=O)C2(C)CCCC2)CCN1.Cl. The molecule has 3 nitrogen and oxygen atoms in total. The van der Waals surface area contributed by atoms with Crippen LogP contribution in [0.15, 0.2) is 0 Å². The Bertz CT molecular complexity index is 251. The number of nitrogens with zero attached hydrogens (tertiary/aromatic N) is 1. The van der Waals surface area contributed by atoms with Crippen LogP contribution in [-0.2, 0) is 4.79 Å². The highest BCUT2D eigenvalue weighted by atomic mass is 35.5. The van der Waals surface area contributed by atoms with Crippen molar-refractivity contribution in [3.63, 3.8) is 0 Å². The van der Waals surface area contributed by atoms with Crippen molar-refractivity contribution in [1.29, 1.82) is 0 Å². The molecule has 2 rings (SSSR count). The molecule has 1 N–H and O–H groups in total. The Morgan fingerprint density at radius 3 is 2.56 bits per heavy atom. The lowest BCUT2D eigenvalue weighted by Gasteiger charge is -2.37. The van der Waals surface area contributed by atoms with Gasteiger partial charge in [0.15, 0.2) is 0 Å². The van der Waals surface area contributed by atoms with E-state index in [0.717, 1.165) is 32.5 Å². The zero-order chi connectivity index (χ0) is 10.9. The van der Waals surface area contributed by atoms with E-state index < -0.39 is 0 Å². The number of carbonyl (C=O) groups is 1. The topological polar surface area (TPSA) is 32.3 Å². The normalized spacial score (nSPS) is 28.6. The van der Waals surface area contributed by atoms with Gasteiger partial charge in [0.05, 0.1) is 0 Å². The van der Waals surface area contributed by atoms with Crippen molar-refractivity contribution < 1.29 is 4.79 Å². The van der Waals surface area contributed by atoms with Crippen molar-refractivity contribution in [3.8, 4) is 0 Å². The Kier molecular flexibility index (Phi) is 4.62. The van der Waals surface area contributed by atoms with Crippen LogP contribution >= 0.6 is 12.4 Å². The van der Waals surface area contributed by atoms with Crippen LogP contribution in [0.1, 0.15) is 39.5 Å². The van der Waals surface area contributed by atoms with Gasteiger partial charge in [-0.15, -0.1) is 12.4 Å². The van der Waals surface area contributed by atoms with Crippen molar-refractivity contribution in [2.75, 3.05) is 19.6 Å². The van der Waals surface area contributed by atoms with E-state index >= 15 is 0 Å². The first-order chi connectivity index (χ1) is 7.12. The minimum atomic E-state index is -0.0446. The van der Waals surface area contributed by atoms with Gasteiger partial charge >= 0.3 is 0 Å². The molecule has 0 spiro atoms. The first kappa shape index (κ1) is 13.8. The molecule has 1 saturated heterocycles. The maximum absolute atomic E-state index is 12.4. The highest BCUT2D eigenvalue weighted by Gasteiger charge is 2.39. The minimum Gasteiger partial charge on any atom is -0.339 e. The predicted octanol–water partition coefficient (Wildman–Crippen LogP) is 1.81. The summed E-state index contributed by atoms with van der Waals surface area (Å²) in [5.74, 6) is 0.397. The summed E-state index contributed by atoms with van der Waals surface area (Å²) in [7, 11) is 0. The maximum Gasteiger partial charge on any atom is 0.228 e. The standard InChI is InChI=1S/C12H22N2O.ClH/c1-10-9-14(8-7-13-10)11(15)12(2)5-3-4-6-12;/h10,13H,3-9H2,1-2H3;1H/t10-;/m0./s1. The molecule has 0 aromatic rings.